The number of ketones is 1. The standard InChI is InChI=1S/C34H42N4O5/c1-22(2)28-31(41)37(26(24-16-12-9-13-17-24)19-38(28)32(42)33(3,4)5)20-27(39)35-25(18-23-14-10-8-11-15-23)29(40)30-36-34(6,7)21-43-30/h8-17,19,22,25,28H,18,20-21H2,1-7H3,(H,35,39)/t25-,28?/m0/s1. The highest BCUT2D eigenvalue weighted by atomic mass is 16.5. The van der Waals surface area contributed by atoms with Crippen molar-refractivity contribution in [2.75, 3.05) is 13.2 Å². The van der Waals surface area contributed by atoms with Gasteiger partial charge < -0.3 is 15.0 Å². The van der Waals surface area contributed by atoms with Gasteiger partial charge in [-0.15, -0.1) is 0 Å². The molecule has 228 valence electrons. The van der Waals surface area contributed by atoms with E-state index >= 15 is 0 Å². The fraction of sp³-hybridized carbons (Fsp3) is 0.441. The topological polar surface area (TPSA) is 108 Å². The predicted octanol–water partition coefficient (Wildman–Crippen LogP) is 4.23. The molecule has 1 N–H and O–H groups in total. The van der Waals surface area contributed by atoms with Crippen LogP contribution in [0, 0.1) is 11.3 Å². The third-order valence-electron chi connectivity index (χ3n) is 7.36. The minimum Gasteiger partial charge on any atom is -0.473 e. The zero-order chi connectivity index (χ0) is 31.5. The van der Waals surface area contributed by atoms with Gasteiger partial charge >= 0.3 is 0 Å². The third-order valence-corrected chi connectivity index (χ3v) is 7.36. The van der Waals surface area contributed by atoms with Crippen LogP contribution < -0.4 is 5.32 Å². The molecule has 0 aromatic heterocycles. The Labute approximate surface area is 254 Å². The molecule has 9 nitrogen and oxygen atoms in total. The summed E-state index contributed by atoms with van der Waals surface area (Å²) in [6.45, 7) is 12.9. The van der Waals surface area contributed by atoms with Crippen LogP contribution >= 0.6 is 0 Å². The first-order chi connectivity index (χ1) is 20.2. The molecule has 2 atom stereocenters. The molecule has 0 spiro atoms. The van der Waals surface area contributed by atoms with Crippen LogP contribution in [0.1, 0.15) is 59.6 Å². The number of rotatable bonds is 9. The van der Waals surface area contributed by atoms with Gasteiger partial charge in [0.1, 0.15) is 25.2 Å². The number of ether oxygens (including phenoxy) is 1. The highest BCUT2D eigenvalue weighted by molar-refractivity contribution is 6.39. The molecule has 1 unspecified atom stereocenters. The van der Waals surface area contributed by atoms with Gasteiger partial charge in [-0.2, -0.15) is 0 Å². The van der Waals surface area contributed by atoms with Crippen molar-refractivity contribution in [1.82, 2.24) is 15.1 Å². The molecule has 9 heteroatoms. The van der Waals surface area contributed by atoms with Crippen LogP contribution in [0.3, 0.4) is 0 Å². The van der Waals surface area contributed by atoms with Crippen LogP contribution in [0.5, 0.6) is 0 Å². The number of carbonyl (C=O) groups is 4. The summed E-state index contributed by atoms with van der Waals surface area (Å²) in [5.74, 6) is -1.72. The lowest BCUT2D eigenvalue weighted by molar-refractivity contribution is -0.149. The number of hydrogen-bond donors (Lipinski definition) is 1. The first-order valence-corrected chi connectivity index (χ1v) is 14.7. The molecule has 0 bridgehead atoms. The van der Waals surface area contributed by atoms with Crippen LogP contribution in [0.25, 0.3) is 5.70 Å². The SMILES string of the molecule is CC(C)C1C(=O)N(CC(=O)N[C@@H](Cc2ccccc2)C(=O)C2=NC(C)(C)CO2)C(c2ccccc2)=CN1C(=O)C(C)(C)C. The fourth-order valence-electron chi connectivity index (χ4n) is 5.16. The van der Waals surface area contributed by atoms with Crippen LogP contribution in [0.2, 0.25) is 0 Å². The van der Waals surface area contributed by atoms with Gasteiger partial charge in [-0.1, -0.05) is 95.3 Å². The molecule has 0 fully saturated rings. The van der Waals surface area contributed by atoms with Crippen LogP contribution in [0.4, 0.5) is 0 Å². The van der Waals surface area contributed by atoms with E-state index in [9.17, 15) is 19.2 Å². The van der Waals surface area contributed by atoms with E-state index in [-0.39, 0.29) is 43.2 Å². The molecule has 0 saturated carbocycles. The van der Waals surface area contributed by atoms with Crippen molar-refractivity contribution < 1.29 is 23.9 Å². The Morgan fingerprint density at radius 2 is 1.63 bits per heavy atom. The van der Waals surface area contributed by atoms with Crippen molar-refractivity contribution in [3.63, 3.8) is 0 Å². The molecular weight excluding hydrogens is 544 g/mol. The summed E-state index contributed by atoms with van der Waals surface area (Å²) in [6.07, 6.45) is 1.91. The maximum Gasteiger partial charge on any atom is 0.256 e. The molecule has 2 aliphatic rings. The summed E-state index contributed by atoms with van der Waals surface area (Å²) < 4.78 is 5.61. The van der Waals surface area contributed by atoms with E-state index in [0.29, 0.717) is 11.3 Å². The lowest BCUT2D eigenvalue weighted by atomic mass is 9.90. The second-order valence-corrected chi connectivity index (χ2v) is 13.1. The Bertz CT molecular complexity index is 1420. The molecule has 43 heavy (non-hydrogen) atoms. The Kier molecular flexibility index (Phi) is 9.23. The quantitative estimate of drug-likeness (QED) is 0.473. The van der Waals surface area contributed by atoms with Crippen LogP contribution in [0.15, 0.2) is 71.9 Å². The molecule has 0 saturated heterocycles. The molecule has 2 aromatic carbocycles. The van der Waals surface area contributed by atoms with E-state index in [2.05, 4.69) is 10.3 Å². The lowest BCUT2D eigenvalue weighted by Gasteiger charge is -2.43. The van der Waals surface area contributed by atoms with Gasteiger partial charge in [0, 0.05) is 18.0 Å². The summed E-state index contributed by atoms with van der Waals surface area (Å²) in [7, 11) is 0. The minimum atomic E-state index is -0.952. The number of nitrogens with zero attached hydrogens (tertiary/aromatic N) is 3. The highest BCUT2D eigenvalue weighted by Gasteiger charge is 2.44. The number of Topliss-reactive ketones (excluding diaryl/α,β-unsaturated/α-hetero) is 1. The van der Waals surface area contributed by atoms with E-state index in [1.54, 1.807) is 6.20 Å². The first-order valence-electron chi connectivity index (χ1n) is 14.7. The summed E-state index contributed by atoms with van der Waals surface area (Å²) in [5.41, 5.74) is 0.714. The van der Waals surface area contributed by atoms with Crippen molar-refractivity contribution in [3.05, 3.63) is 78.0 Å². The van der Waals surface area contributed by atoms with Gasteiger partial charge in [0.15, 0.2) is 0 Å². The van der Waals surface area contributed by atoms with Gasteiger partial charge in [-0.25, -0.2) is 4.99 Å². The Morgan fingerprint density at radius 1 is 1.02 bits per heavy atom. The Morgan fingerprint density at radius 3 is 2.16 bits per heavy atom. The van der Waals surface area contributed by atoms with Crippen molar-refractivity contribution in [2.45, 2.75) is 72.5 Å². The fourth-order valence-corrected chi connectivity index (χ4v) is 5.16. The summed E-state index contributed by atoms with van der Waals surface area (Å²) >= 11 is 0. The van der Waals surface area contributed by atoms with E-state index in [4.69, 9.17) is 4.74 Å². The molecule has 4 rings (SSSR count). The molecule has 0 aliphatic carbocycles. The maximum absolute atomic E-state index is 14.1. The van der Waals surface area contributed by atoms with Crippen molar-refractivity contribution in [3.8, 4) is 0 Å². The Balaban J connectivity index is 1.67. The smallest absolute Gasteiger partial charge is 0.256 e. The first kappa shape index (κ1) is 31.7. The molecule has 3 amide bonds. The van der Waals surface area contributed by atoms with Gasteiger partial charge in [0.25, 0.3) is 11.8 Å². The van der Waals surface area contributed by atoms with E-state index in [1.807, 2.05) is 109 Å². The van der Waals surface area contributed by atoms with E-state index < -0.39 is 34.7 Å². The lowest BCUT2D eigenvalue weighted by Crippen LogP contribution is -2.58. The highest BCUT2D eigenvalue weighted by Crippen LogP contribution is 2.33. The van der Waals surface area contributed by atoms with Crippen LogP contribution in [-0.4, -0.2) is 70.0 Å². The average molecular weight is 587 g/mol. The van der Waals surface area contributed by atoms with Crippen LogP contribution in [-0.2, 0) is 30.3 Å². The number of nitrogens with one attached hydrogen (secondary N) is 1. The van der Waals surface area contributed by atoms with Gasteiger partial charge in [0.2, 0.25) is 17.6 Å². The average Bonchev–Trinajstić information content (AvgIpc) is 3.32. The monoisotopic (exact) mass is 586 g/mol. The normalized spacial score (nSPS) is 19.0. The molecule has 2 aromatic rings. The summed E-state index contributed by atoms with van der Waals surface area (Å²) in [4.78, 5) is 62.3. The number of hydrogen-bond acceptors (Lipinski definition) is 6. The van der Waals surface area contributed by atoms with Crippen molar-refractivity contribution in [1.29, 1.82) is 0 Å². The largest absolute Gasteiger partial charge is 0.473 e. The second kappa shape index (κ2) is 12.5. The predicted molar refractivity (Wildman–Crippen MR) is 166 cm³/mol. The third kappa shape index (κ3) is 7.39. The number of benzene rings is 2. The van der Waals surface area contributed by atoms with Crippen molar-refractivity contribution in [2.24, 2.45) is 16.3 Å². The van der Waals surface area contributed by atoms with Crippen molar-refractivity contribution >= 4 is 35.1 Å². The van der Waals surface area contributed by atoms with E-state index in [1.165, 1.54) is 9.80 Å². The van der Waals surface area contributed by atoms with Gasteiger partial charge in [-0.3, -0.25) is 24.1 Å². The minimum absolute atomic E-state index is 0.0126. The molecular formula is C34H42N4O5. The number of carbonyl (C=O) groups excluding carboxylic acids is 4. The summed E-state index contributed by atoms with van der Waals surface area (Å²) in [5, 5.41) is 2.86. The zero-order valence-electron chi connectivity index (χ0n) is 26.1. The molecule has 0 radical (unpaired) electrons. The van der Waals surface area contributed by atoms with Gasteiger partial charge in [0.05, 0.1) is 11.2 Å². The zero-order valence-corrected chi connectivity index (χ0v) is 26.1. The summed E-state index contributed by atoms with van der Waals surface area (Å²) in [6, 6.07) is 16.8. The van der Waals surface area contributed by atoms with E-state index in [0.717, 1.165) is 5.56 Å². The molecule has 2 aliphatic heterocycles. The number of aliphatic imine (C=N–C) groups is 1. The Hall–Kier alpha value is -4.27. The number of amides is 3. The second-order valence-electron chi connectivity index (χ2n) is 13.1. The maximum atomic E-state index is 14.1. The van der Waals surface area contributed by atoms with Gasteiger partial charge in [-0.05, 0) is 30.9 Å². The molecule has 2 heterocycles.